The summed E-state index contributed by atoms with van der Waals surface area (Å²) in [6.45, 7) is 1.84. The summed E-state index contributed by atoms with van der Waals surface area (Å²) in [5.74, 6) is -2.40. The molecule has 16 heavy (non-hydrogen) atoms. The molecule has 0 aromatic heterocycles. The molecular weight excluding hydrogens is 220 g/mol. The maximum atomic E-state index is 10.4. The van der Waals surface area contributed by atoms with Gasteiger partial charge in [-0.05, 0) is 6.42 Å². The first kappa shape index (κ1) is 17.2. The zero-order valence-corrected chi connectivity index (χ0v) is 9.13. The first-order chi connectivity index (χ1) is 7.49. The minimum Gasteiger partial charge on any atom is -0.481 e. The smallest absolute Gasteiger partial charge is 0.333 e. The minimum atomic E-state index is -1.23. The molecule has 0 aliphatic heterocycles. The number of aliphatic carboxylic acids is 2. The molecule has 0 aromatic carbocycles. The third kappa shape index (κ3) is 12.8. The van der Waals surface area contributed by atoms with E-state index < -0.39 is 24.5 Å². The first-order valence-electron chi connectivity index (χ1n) is 4.77. The molecule has 0 heterocycles. The second kappa shape index (κ2) is 11.9. The van der Waals surface area contributed by atoms with Crippen molar-refractivity contribution in [1.29, 1.82) is 0 Å². The van der Waals surface area contributed by atoms with E-state index in [1.807, 2.05) is 6.92 Å². The van der Waals surface area contributed by atoms with Gasteiger partial charge in [-0.25, -0.2) is 4.79 Å². The Morgan fingerprint density at radius 1 is 1.19 bits per heavy atom. The number of aliphatic hydroxyl groups excluding tert-OH is 2. The van der Waals surface area contributed by atoms with E-state index in [1.54, 1.807) is 0 Å². The summed E-state index contributed by atoms with van der Waals surface area (Å²) in [6.07, 6.45) is -1.04. The Morgan fingerprint density at radius 2 is 1.69 bits per heavy atom. The summed E-state index contributed by atoms with van der Waals surface area (Å²) in [7, 11) is 0. The summed E-state index contributed by atoms with van der Waals surface area (Å²) in [5, 5.41) is 32.0. The van der Waals surface area contributed by atoms with Gasteiger partial charge in [0.05, 0.1) is 19.6 Å². The fourth-order valence-corrected chi connectivity index (χ4v) is 0.636. The normalized spacial score (nSPS) is 11.2. The van der Waals surface area contributed by atoms with Crippen molar-refractivity contribution in [1.82, 2.24) is 0 Å². The molecule has 0 saturated heterocycles. The van der Waals surface area contributed by atoms with Crippen LogP contribution in [0.25, 0.3) is 0 Å². The van der Waals surface area contributed by atoms with Gasteiger partial charge >= 0.3 is 11.9 Å². The van der Waals surface area contributed by atoms with Crippen LogP contribution in [0.3, 0.4) is 0 Å². The van der Waals surface area contributed by atoms with Crippen LogP contribution in [-0.4, -0.2) is 58.3 Å². The third-order valence-electron chi connectivity index (χ3n) is 1.26. The number of rotatable bonds is 7. The predicted molar refractivity (Wildman–Crippen MR) is 54.1 cm³/mol. The zero-order chi connectivity index (χ0) is 13.0. The molecule has 7 heteroatoms. The van der Waals surface area contributed by atoms with Gasteiger partial charge in [0, 0.05) is 6.61 Å². The third-order valence-corrected chi connectivity index (χ3v) is 1.26. The molecule has 0 bridgehead atoms. The number of carbonyl (C=O) groups is 2. The first-order valence-corrected chi connectivity index (χ1v) is 4.77. The second-order valence-electron chi connectivity index (χ2n) is 2.74. The van der Waals surface area contributed by atoms with Gasteiger partial charge in [-0.2, -0.15) is 0 Å². The van der Waals surface area contributed by atoms with Gasteiger partial charge in [0.2, 0.25) is 0 Å². The van der Waals surface area contributed by atoms with Gasteiger partial charge in [0.1, 0.15) is 0 Å². The molecule has 0 saturated carbocycles. The Morgan fingerprint density at radius 3 is 1.94 bits per heavy atom. The SMILES string of the molecule is CCCOC(CC(=O)O)C(=O)O.OCCO. The van der Waals surface area contributed by atoms with Crippen LogP contribution in [0, 0.1) is 0 Å². The molecule has 0 aromatic rings. The van der Waals surface area contributed by atoms with Crippen molar-refractivity contribution in [2.24, 2.45) is 0 Å². The van der Waals surface area contributed by atoms with Crippen LogP contribution in [0.15, 0.2) is 0 Å². The van der Waals surface area contributed by atoms with Crippen LogP contribution in [0.2, 0.25) is 0 Å². The van der Waals surface area contributed by atoms with E-state index in [1.165, 1.54) is 0 Å². The average Bonchev–Trinajstić information content (AvgIpc) is 2.23. The van der Waals surface area contributed by atoms with Crippen LogP contribution >= 0.6 is 0 Å². The van der Waals surface area contributed by atoms with E-state index in [4.69, 9.17) is 25.2 Å². The summed E-state index contributed by atoms with van der Waals surface area (Å²) < 4.78 is 4.78. The number of carboxylic acid groups (broad SMARTS) is 2. The lowest BCUT2D eigenvalue weighted by atomic mass is 10.2. The van der Waals surface area contributed by atoms with Gasteiger partial charge in [0.15, 0.2) is 6.10 Å². The van der Waals surface area contributed by atoms with Crippen molar-refractivity contribution in [2.45, 2.75) is 25.9 Å². The Hall–Kier alpha value is -1.18. The molecular formula is C9H18O7. The van der Waals surface area contributed by atoms with Crippen molar-refractivity contribution in [2.75, 3.05) is 19.8 Å². The van der Waals surface area contributed by atoms with E-state index in [-0.39, 0.29) is 19.8 Å². The zero-order valence-electron chi connectivity index (χ0n) is 9.13. The lowest BCUT2D eigenvalue weighted by molar-refractivity contribution is -0.156. The fraction of sp³-hybridized carbons (Fsp3) is 0.778. The molecule has 4 N–H and O–H groups in total. The highest BCUT2D eigenvalue weighted by molar-refractivity contribution is 5.79. The number of hydrogen-bond acceptors (Lipinski definition) is 5. The lowest BCUT2D eigenvalue weighted by Crippen LogP contribution is -2.27. The maximum Gasteiger partial charge on any atom is 0.333 e. The molecule has 0 spiro atoms. The quantitative estimate of drug-likeness (QED) is 0.462. The Balaban J connectivity index is 0. The van der Waals surface area contributed by atoms with Crippen LogP contribution in [-0.2, 0) is 14.3 Å². The van der Waals surface area contributed by atoms with Gasteiger partial charge < -0.3 is 25.2 Å². The van der Waals surface area contributed by atoms with Crippen molar-refractivity contribution < 1.29 is 34.8 Å². The molecule has 96 valence electrons. The number of carboxylic acids is 2. The van der Waals surface area contributed by atoms with E-state index in [0.717, 1.165) is 0 Å². The molecule has 7 nitrogen and oxygen atoms in total. The molecule has 0 aliphatic carbocycles. The maximum absolute atomic E-state index is 10.4. The second-order valence-corrected chi connectivity index (χ2v) is 2.74. The predicted octanol–water partition coefficient (Wildman–Crippen LogP) is -0.688. The Bertz CT molecular complexity index is 190. The van der Waals surface area contributed by atoms with Gasteiger partial charge in [-0.3, -0.25) is 4.79 Å². The lowest BCUT2D eigenvalue weighted by Gasteiger charge is -2.09. The van der Waals surface area contributed by atoms with Crippen molar-refractivity contribution in [3.63, 3.8) is 0 Å². The molecule has 0 fully saturated rings. The van der Waals surface area contributed by atoms with Crippen LogP contribution < -0.4 is 0 Å². The number of ether oxygens (including phenoxy) is 1. The van der Waals surface area contributed by atoms with Gasteiger partial charge in [-0.15, -0.1) is 0 Å². The van der Waals surface area contributed by atoms with Crippen molar-refractivity contribution >= 4 is 11.9 Å². The molecule has 0 radical (unpaired) electrons. The summed E-state index contributed by atoms with van der Waals surface area (Å²) in [4.78, 5) is 20.5. The van der Waals surface area contributed by atoms with Crippen LogP contribution in [0.5, 0.6) is 0 Å². The highest BCUT2D eigenvalue weighted by atomic mass is 16.5. The van der Waals surface area contributed by atoms with E-state index >= 15 is 0 Å². The minimum absolute atomic E-state index is 0.125. The topological polar surface area (TPSA) is 124 Å². The largest absolute Gasteiger partial charge is 0.481 e. The fourth-order valence-electron chi connectivity index (χ4n) is 0.636. The average molecular weight is 238 g/mol. The summed E-state index contributed by atoms with van der Waals surface area (Å²) >= 11 is 0. The van der Waals surface area contributed by atoms with Crippen LogP contribution in [0.1, 0.15) is 19.8 Å². The number of aliphatic hydroxyl groups is 2. The Labute approximate surface area is 93.3 Å². The Kier molecular flexibility index (Phi) is 12.8. The van der Waals surface area contributed by atoms with Gasteiger partial charge in [0.25, 0.3) is 0 Å². The molecule has 0 amide bonds. The molecule has 1 atom stereocenters. The van der Waals surface area contributed by atoms with Crippen molar-refractivity contribution in [3.8, 4) is 0 Å². The standard InChI is InChI=1S/C7H12O5.C2H6O2/c1-2-3-12-5(7(10)11)4-6(8)9;3-1-2-4/h5H,2-4H2,1H3,(H,8,9)(H,10,11);3-4H,1-2H2. The van der Waals surface area contributed by atoms with Crippen molar-refractivity contribution in [3.05, 3.63) is 0 Å². The molecule has 1 unspecified atom stereocenters. The highest BCUT2D eigenvalue weighted by Crippen LogP contribution is 1.99. The van der Waals surface area contributed by atoms with E-state index in [0.29, 0.717) is 6.42 Å². The molecule has 0 rings (SSSR count). The number of hydrogen-bond donors (Lipinski definition) is 4. The van der Waals surface area contributed by atoms with E-state index in [2.05, 4.69) is 0 Å². The van der Waals surface area contributed by atoms with Gasteiger partial charge in [-0.1, -0.05) is 6.92 Å². The monoisotopic (exact) mass is 238 g/mol. The molecule has 0 aliphatic rings. The summed E-state index contributed by atoms with van der Waals surface area (Å²) in [6, 6.07) is 0. The highest BCUT2D eigenvalue weighted by Gasteiger charge is 2.20. The summed E-state index contributed by atoms with van der Waals surface area (Å²) in [5.41, 5.74) is 0. The van der Waals surface area contributed by atoms with Crippen LogP contribution in [0.4, 0.5) is 0 Å². The van der Waals surface area contributed by atoms with E-state index in [9.17, 15) is 9.59 Å².